The molecule has 3 aromatic carbocycles. The normalized spacial score (nSPS) is 12.6. The van der Waals surface area contributed by atoms with Gasteiger partial charge in [0.05, 0.1) is 11.3 Å². The van der Waals surface area contributed by atoms with Crippen molar-refractivity contribution in [3.8, 4) is 0 Å². The smallest absolute Gasteiger partial charge is 0.326 e. The average Bonchev–Trinajstić information content (AvgIpc) is 2.78. The van der Waals surface area contributed by atoms with Crippen LogP contribution < -0.4 is 10.6 Å². The van der Waals surface area contributed by atoms with E-state index >= 15 is 0 Å². The van der Waals surface area contributed by atoms with E-state index < -0.39 is 22.9 Å². The van der Waals surface area contributed by atoms with Crippen molar-refractivity contribution in [1.29, 1.82) is 0 Å². The number of alkyl halides is 3. The lowest BCUT2D eigenvalue weighted by Crippen LogP contribution is -2.21. The topological polar surface area (TPSA) is 58.2 Å². The molecule has 36 heavy (non-hydrogen) atoms. The van der Waals surface area contributed by atoms with Gasteiger partial charge in [0.2, 0.25) is 11.8 Å². The number of carbonyl (C=O) groups excluding carboxylic acids is 2. The summed E-state index contributed by atoms with van der Waals surface area (Å²) in [4.78, 5) is 26.1. The predicted octanol–water partition coefficient (Wildman–Crippen LogP) is 8.21. The molecular weight excluding hydrogens is 509 g/mol. The maximum absolute atomic E-state index is 13.5. The van der Waals surface area contributed by atoms with Gasteiger partial charge >= 0.3 is 6.18 Å². The Morgan fingerprint density at radius 1 is 0.917 bits per heavy atom. The molecule has 0 aromatic heterocycles. The van der Waals surface area contributed by atoms with Crippen LogP contribution in [0, 0.1) is 5.41 Å². The third-order valence-corrected chi connectivity index (χ3v) is 6.47. The zero-order valence-corrected chi connectivity index (χ0v) is 21.5. The summed E-state index contributed by atoms with van der Waals surface area (Å²) in [5.74, 6) is -0.713. The lowest BCUT2D eigenvalue weighted by molar-refractivity contribution is -0.137. The third kappa shape index (κ3) is 8.03. The molecule has 0 saturated carbocycles. The standard InChI is InChI=1S/C27H26ClF3N2O2S/c1-26(2,3)16-23(34)32-19-10-12-20(13-11-19)36-24(17-7-5-4-6-8-17)25(35)33-22-14-9-18(28)15-21(22)27(29,30)31/h4-15,24H,16H2,1-3H3,(H,32,34)(H,33,35). The number of halogens is 4. The quantitative estimate of drug-likeness (QED) is 0.300. The summed E-state index contributed by atoms with van der Waals surface area (Å²) in [5, 5.41) is 4.36. The van der Waals surface area contributed by atoms with Gasteiger partial charge < -0.3 is 10.6 Å². The Labute approximate surface area is 217 Å². The second kappa shape index (κ2) is 11.4. The first-order valence-electron chi connectivity index (χ1n) is 11.1. The van der Waals surface area contributed by atoms with Crippen LogP contribution in [0.2, 0.25) is 5.02 Å². The van der Waals surface area contributed by atoms with E-state index in [0.29, 0.717) is 22.6 Å². The molecule has 1 atom stereocenters. The Bertz CT molecular complexity index is 1210. The first-order valence-corrected chi connectivity index (χ1v) is 12.4. The van der Waals surface area contributed by atoms with Gasteiger partial charge in [-0.05, 0) is 53.4 Å². The van der Waals surface area contributed by atoms with Gasteiger partial charge in [-0.2, -0.15) is 13.2 Å². The number of anilines is 2. The lowest BCUT2D eigenvalue weighted by Gasteiger charge is -2.20. The average molecular weight is 535 g/mol. The molecule has 0 saturated heterocycles. The fourth-order valence-corrected chi connectivity index (χ4v) is 4.60. The summed E-state index contributed by atoms with van der Waals surface area (Å²) in [7, 11) is 0. The van der Waals surface area contributed by atoms with E-state index in [1.165, 1.54) is 17.8 Å². The van der Waals surface area contributed by atoms with Gasteiger partial charge in [-0.1, -0.05) is 62.7 Å². The first kappa shape index (κ1) is 27.6. The molecule has 0 aliphatic rings. The molecule has 0 bridgehead atoms. The highest BCUT2D eigenvalue weighted by molar-refractivity contribution is 8.00. The van der Waals surface area contributed by atoms with Crippen LogP contribution in [0.25, 0.3) is 0 Å². The van der Waals surface area contributed by atoms with Crippen molar-refractivity contribution in [3.05, 3.63) is 88.9 Å². The number of hydrogen-bond acceptors (Lipinski definition) is 3. The Morgan fingerprint density at radius 3 is 2.14 bits per heavy atom. The van der Waals surface area contributed by atoms with Crippen molar-refractivity contribution in [2.24, 2.45) is 5.41 Å². The van der Waals surface area contributed by atoms with Crippen LogP contribution in [0.4, 0.5) is 24.5 Å². The monoisotopic (exact) mass is 534 g/mol. The molecule has 3 rings (SSSR count). The Morgan fingerprint density at radius 2 is 1.56 bits per heavy atom. The molecule has 0 radical (unpaired) electrons. The molecule has 0 aliphatic heterocycles. The first-order chi connectivity index (χ1) is 16.8. The highest BCUT2D eigenvalue weighted by Crippen LogP contribution is 2.40. The minimum absolute atomic E-state index is 0.0796. The van der Waals surface area contributed by atoms with Crippen LogP contribution >= 0.6 is 23.4 Å². The number of benzene rings is 3. The maximum Gasteiger partial charge on any atom is 0.418 e. The predicted molar refractivity (Wildman–Crippen MR) is 139 cm³/mol. The zero-order valence-electron chi connectivity index (χ0n) is 19.9. The number of nitrogens with one attached hydrogen (secondary N) is 2. The van der Waals surface area contributed by atoms with Crippen molar-refractivity contribution in [3.63, 3.8) is 0 Å². The van der Waals surface area contributed by atoms with Gasteiger partial charge in [0.15, 0.2) is 0 Å². The van der Waals surface area contributed by atoms with E-state index in [2.05, 4.69) is 10.6 Å². The Kier molecular flexibility index (Phi) is 8.74. The van der Waals surface area contributed by atoms with Crippen LogP contribution in [0.5, 0.6) is 0 Å². The van der Waals surface area contributed by atoms with E-state index in [9.17, 15) is 22.8 Å². The van der Waals surface area contributed by atoms with Gasteiger partial charge in [0, 0.05) is 22.0 Å². The van der Waals surface area contributed by atoms with E-state index in [4.69, 9.17) is 11.6 Å². The van der Waals surface area contributed by atoms with Crippen LogP contribution in [-0.2, 0) is 15.8 Å². The van der Waals surface area contributed by atoms with E-state index in [-0.39, 0.29) is 22.0 Å². The Hall–Kier alpha value is -2.97. The lowest BCUT2D eigenvalue weighted by atomic mass is 9.92. The minimum Gasteiger partial charge on any atom is -0.326 e. The van der Waals surface area contributed by atoms with Crippen LogP contribution in [0.15, 0.2) is 77.7 Å². The van der Waals surface area contributed by atoms with Gasteiger partial charge in [-0.3, -0.25) is 9.59 Å². The Balaban J connectivity index is 1.81. The van der Waals surface area contributed by atoms with Crippen LogP contribution in [-0.4, -0.2) is 11.8 Å². The molecule has 3 aromatic rings. The second-order valence-electron chi connectivity index (χ2n) is 9.40. The molecule has 0 spiro atoms. The molecule has 0 aliphatic carbocycles. The van der Waals surface area contributed by atoms with Gasteiger partial charge in [0.25, 0.3) is 0 Å². The van der Waals surface area contributed by atoms with Crippen molar-refractivity contribution < 1.29 is 22.8 Å². The molecule has 2 amide bonds. The second-order valence-corrected chi connectivity index (χ2v) is 11.0. The van der Waals surface area contributed by atoms with Crippen LogP contribution in [0.3, 0.4) is 0 Å². The molecule has 0 heterocycles. The summed E-state index contributed by atoms with van der Waals surface area (Å²) >= 11 is 6.95. The third-order valence-electron chi connectivity index (χ3n) is 4.97. The summed E-state index contributed by atoms with van der Waals surface area (Å²) in [6.07, 6.45) is -4.32. The largest absolute Gasteiger partial charge is 0.418 e. The molecule has 4 nitrogen and oxygen atoms in total. The zero-order chi connectivity index (χ0) is 26.5. The summed E-state index contributed by atoms with van der Waals surface area (Å²) in [5.41, 5.74) is -0.284. The van der Waals surface area contributed by atoms with E-state index in [0.717, 1.165) is 12.1 Å². The number of rotatable bonds is 7. The summed E-state index contributed by atoms with van der Waals surface area (Å²) in [6, 6.07) is 19.0. The number of thioether (sulfide) groups is 1. The van der Waals surface area contributed by atoms with Crippen molar-refractivity contribution in [2.45, 2.75) is 43.5 Å². The van der Waals surface area contributed by atoms with E-state index in [1.807, 2.05) is 20.8 Å². The SMILES string of the molecule is CC(C)(C)CC(=O)Nc1ccc(SC(C(=O)Nc2ccc(Cl)cc2C(F)(F)F)c2ccccc2)cc1. The molecule has 2 N–H and O–H groups in total. The van der Waals surface area contributed by atoms with Crippen molar-refractivity contribution in [1.82, 2.24) is 0 Å². The van der Waals surface area contributed by atoms with Gasteiger partial charge in [0.1, 0.15) is 5.25 Å². The molecule has 0 fully saturated rings. The molecule has 190 valence electrons. The highest BCUT2D eigenvalue weighted by atomic mass is 35.5. The van der Waals surface area contributed by atoms with E-state index in [1.54, 1.807) is 54.6 Å². The molecule has 9 heteroatoms. The number of amides is 2. The summed E-state index contributed by atoms with van der Waals surface area (Å²) in [6.45, 7) is 5.92. The highest BCUT2D eigenvalue weighted by Gasteiger charge is 2.35. The van der Waals surface area contributed by atoms with Crippen LogP contribution in [0.1, 0.15) is 43.6 Å². The fourth-order valence-electron chi connectivity index (χ4n) is 3.40. The maximum atomic E-state index is 13.5. The summed E-state index contributed by atoms with van der Waals surface area (Å²) < 4.78 is 40.6. The van der Waals surface area contributed by atoms with Gasteiger partial charge in [-0.15, -0.1) is 11.8 Å². The van der Waals surface area contributed by atoms with Gasteiger partial charge in [-0.25, -0.2) is 0 Å². The number of hydrogen-bond donors (Lipinski definition) is 2. The molecule has 1 unspecified atom stereocenters. The van der Waals surface area contributed by atoms with Crippen molar-refractivity contribution in [2.75, 3.05) is 10.6 Å². The van der Waals surface area contributed by atoms with Crippen molar-refractivity contribution >= 4 is 46.6 Å². The minimum atomic E-state index is -4.68. The fraction of sp³-hybridized carbons (Fsp3) is 0.259. The number of carbonyl (C=O) groups is 2. The molecular formula is C27H26ClF3N2O2S.